The summed E-state index contributed by atoms with van der Waals surface area (Å²) in [5.41, 5.74) is 3.09. The highest BCUT2D eigenvalue weighted by atomic mass is 16.6. The average molecular weight is 340 g/mol. The van der Waals surface area contributed by atoms with Gasteiger partial charge >= 0.3 is 0 Å². The normalized spacial score (nSPS) is 13.7. The minimum atomic E-state index is -0.700. The molecule has 5 heteroatoms. The number of hydrogen-bond donors (Lipinski definition) is 2. The second-order valence-corrected chi connectivity index (χ2v) is 5.99. The van der Waals surface area contributed by atoms with Crippen LogP contribution in [0.2, 0.25) is 0 Å². The molecule has 132 valence electrons. The van der Waals surface area contributed by atoms with E-state index in [1.54, 1.807) is 0 Å². The average Bonchev–Trinajstić information content (AvgIpc) is 3.06. The molecule has 0 saturated heterocycles. The van der Waals surface area contributed by atoms with Crippen LogP contribution in [-0.4, -0.2) is 28.0 Å². The molecule has 0 aliphatic heterocycles. The maximum atomic E-state index is 9.61. The van der Waals surface area contributed by atoms with Crippen molar-refractivity contribution in [2.45, 2.75) is 39.1 Å². The summed E-state index contributed by atoms with van der Waals surface area (Å²) in [4.78, 5) is 7.86. The van der Waals surface area contributed by atoms with E-state index in [1.807, 2.05) is 62.4 Å². The van der Waals surface area contributed by atoms with E-state index < -0.39 is 6.29 Å². The number of benzene rings is 2. The van der Waals surface area contributed by atoms with Crippen molar-refractivity contribution in [3.05, 3.63) is 59.9 Å². The van der Waals surface area contributed by atoms with E-state index in [2.05, 4.69) is 9.97 Å². The fourth-order valence-corrected chi connectivity index (χ4v) is 2.73. The van der Waals surface area contributed by atoms with Gasteiger partial charge in [0.1, 0.15) is 11.6 Å². The predicted octanol–water partition coefficient (Wildman–Crippen LogP) is 3.99. The van der Waals surface area contributed by atoms with Crippen LogP contribution in [0, 0.1) is 0 Å². The number of aliphatic hydroxyl groups is 1. The number of aliphatic hydroxyl groups excluding tert-OH is 1. The number of aromatic amines is 1. The van der Waals surface area contributed by atoms with Gasteiger partial charge in [-0.25, -0.2) is 4.98 Å². The van der Waals surface area contributed by atoms with E-state index in [0.29, 0.717) is 13.0 Å². The fraction of sp³-hybridized carbons (Fsp3) is 0.350. The molecule has 2 aromatic carbocycles. The summed E-state index contributed by atoms with van der Waals surface area (Å²) in [5.74, 6) is 1.60. The Balaban J connectivity index is 1.58. The smallest absolute Gasteiger partial charge is 0.154 e. The van der Waals surface area contributed by atoms with Crippen LogP contribution in [0.5, 0.6) is 5.75 Å². The first-order valence-electron chi connectivity index (χ1n) is 8.65. The van der Waals surface area contributed by atoms with Gasteiger partial charge in [0.2, 0.25) is 0 Å². The lowest BCUT2D eigenvalue weighted by Crippen LogP contribution is -2.12. The molecular formula is C20H24N2O3. The molecule has 0 amide bonds. The SMILES string of the molecule is CCOC(O)CCc1ccc(OC(C)c2nc3ccccc3[nH]2)cc1. The van der Waals surface area contributed by atoms with Crippen LogP contribution in [0.25, 0.3) is 11.0 Å². The highest BCUT2D eigenvalue weighted by molar-refractivity contribution is 5.74. The zero-order valence-corrected chi connectivity index (χ0v) is 14.6. The van der Waals surface area contributed by atoms with Gasteiger partial charge in [0.25, 0.3) is 0 Å². The van der Waals surface area contributed by atoms with Gasteiger partial charge in [0.05, 0.1) is 11.0 Å². The highest BCUT2D eigenvalue weighted by Crippen LogP contribution is 2.22. The molecule has 25 heavy (non-hydrogen) atoms. The minimum absolute atomic E-state index is 0.168. The van der Waals surface area contributed by atoms with Crippen LogP contribution in [0.1, 0.15) is 37.8 Å². The number of rotatable bonds is 8. The molecule has 2 unspecified atom stereocenters. The van der Waals surface area contributed by atoms with E-state index in [1.165, 1.54) is 0 Å². The van der Waals surface area contributed by atoms with Crippen LogP contribution >= 0.6 is 0 Å². The zero-order chi connectivity index (χ0) is 17.6. The van der Waals surface area contributed by atoms with Crippen LogP contribution in [-0.2, 0) is 11.2 Å². The Kier molecular flexibility index (Phi) is 5.68. The third-order valence-corrected chi connectivity index (χ3v) is 4.07. The molecule has 5 nitrogen and oxygen atoms in total. The lowest BCUT2D eigenvalue weighted by Gasteiger charge is -2.13. The number of aromatic nitrogens is 2. The Labute approximate surface area is 147 Å². The largest absolute Gasteiger partial charge is 0.483 e. The molecule has 0 radical (unpaired) electrons. The second-order valence-electron chi connectivity index (χ2n) is 5.99. The predicted molar refractivity (Wildman–Crippen MR) is 97.5 cm³/mol. The van der Waals surface area contributed by atoms with Gasteiger partial charge in [-0.15, -0.1) is 0 Å². The van der Waals surface area contributed by atoms with Crippen molar-refractivity contribution in [1.82, 2.24) is 9.97 Å². The number of imidazole rings is 1. The number of ether oxygens (including phenoxy) is 2. The maximum absolute atomic E-state index is 9.61. The Morgan fingerprint density at radius 1 is 1.12 bits per heavy atom. The molecule has 0 aliphatic carbocycles. The Hall–Kier alpha value is -2.37. The van der Waals surface area contributed by atoms with Crippen molar-refractivity contribution < 1.29 is 14.6 Å². The molecule has 0 bridgehead atoms. The number of nitrogens with one attached hydrogen (secondary N) is 1. The summed E-state index contributed by atoms with van der Waals surface area (Å²) in [6.45, 7) is 4.37. The van der Waals surface area contributed by atoms with E-state index in [4.69, 9.17) is 9.47 Å². The standard InChI is InChI=1S/C20H24N2O3/c1-3-24-19(23)13-10-15-8-11-16(12-9-15)25-14(2)20-21-17-6-4-5-7-18(17)22-20/h4-9,11-12,14,19,23H,3,10,13H2,1-2H3,(H,21,22). The molecule has 0 saturated carbocycles. The minimum Gasteiger partial charge on any atom is -0.483 e. The second kappa shape index (κ2) is 8.14. The highest BCUT2D eigenvalue weighted by Gasteiger charge is 2.12. The van der Waals surface area contributed by atoms with Gasteiger partial charge in [-0.3, -0.25) is 0 Å². The molecule has 2 atom stereocenters. The number of hydrogen-bond acceptors (Lipinski definition) is 4. The number of H-pyrrole nitrogens is 1. The number of fused-ring (bicyclic) bond motifs is 1. The van der Waals surface area contributed by atoms with Gasteiger partial charge < -0.3 is 19.6 Å². The molecule has 0 aliphatic rings. The number of nitrogens with zero attached hydrogens (tertiary/aromatic N) is 1. The summed E-state index contributed by atoms with van der Waals surface area (Å²) >= 11 is 0. The maximum Gasteiger partial charge on any atom is 0.154 e. The molecular weight excluding hydrogens is 316 g/mol. The molecule has 0 spiro atoms. The third kappa shape index (κ3) is 4.59. The monoisotopic (exact) mass is 340 g/mol. The van der Waals surface area contributed by atoms with Crippen molar-refractivity contribution >= 4 is 11.0 Å². The zero-order valence-electron chi connectivity index (χ0n) is 14.6. The number of para-hydroxylation sites is 2. The Bertz CT molecular complexity index is 765. The van der Waals surface area contributed by atoms with Crippen molar-refractivity contribution in [3.8, 4) is 5.75 Å². The van der Waals surface area contributed by atoms with Crippen molar-refractivity contribution in [1.29, 1.82) is 0 Å². The van der Waals surface area contributed by atoms with E-state index >= 15 is 0 Å². The van der Waals surface area contributed by atoms with Crippen LogP contribution in [0.4, 0.5) is 0 Å². The molecule has 1 heterocycles. The van der Waals surface area contributed by atoms with Gasteiger partial charge in [0.15, 0.2) is 12.4 Å². The molecule has 3 aromatic rings. The Morgan fingerprint density at radius 2 is 1.88 bits per heavy atom. The van der Waals surface area contributed by atoms with Crippen LogP contribution in [0.3, 0.4) is 0 Å². The summed E-state index contributed by atoms with van der Waals surface area (Å²) in [6.07, 6.45) is 0.483. The molecule has 3 rings (SSSR count). The lowest BCUT2D eigenvalue weighted by molar-refractivity contribution is -0.0980. The summed E-state index contributed by atoms with van der Waals surface area (Å²) in [7, 11) is 0. The van der Waals surface area contributed by atoms with Crippen LogP contribution in [0.15, 0.2) is 48.5 Å². The quantitative estimate of drug-likeness (QED) is 0.609. The first-order chi connectivity index (χ1) is 12.2. The van der Waals surface area contributed by atoms with Crippen molar-refractivity contribution in [2.24, 2.45) is 0 Å². The Morgan fingerprint density at radius 3 is 2.60 bits per heavy atom. The molecule has 1 aromatic heterocycles. The van der Waals surface area contributed by atoms with Gasteiger partial charge in [-0.1, -0.05) is 24.3 Å². The first-order valence-corrected chi connectivity index (χ1v) is 8.65. The fourth-order valence-electron chi connectivity index (χ4n) is 2.73. The van der Waals surface area contributed by atoms with Crippen LogP contribution < -0.4 is 4.74 Å². The third-order valence-electron chi connectivity index (χ3n) is 4.07. The van der Waals surface area contributed by atoms with Crippen molar-refractivity contribution in [2.75, 3.05) is 6.61 Å². The molecule has 0 fully saturated rings. The van der Waals surface area contributed by atoms with Gasteiger partial charge in [-0.05, 0) is 50.1 Å². The summed E-state index contributed by atoms with van der Waals surface area (Å²) < 4.78 is 11.1. The summed E-state index contributed by atoms with van der Waals surface area (Å²) in [6, 6.07) is 15.9. The lowest BCUT2D eigenvalue weighted by atomic mass is 10.1. The first kappa shape index (κ1) is 17.5. The van der Waals surface area contributed by atoms with Crippen molar-refractivity contribution in [3.63, 3.8) is 0 Å². The molecule has 2 N–H and O–H groups in total. The van der Waals surface area contributed by atoms with E-state index in [-0.39, 0.29) is 6.10 Å². The number of aryl methyl sites for hydroxylation is 1. The van der Waals surface area contributed by atoms with Gasteiger partial charge in [-0.2, -0.15) is 0 Å². The van der Waals surface area contributed by atoms with Gasteiger partial charge in [0, 0.05) is 13.0 Å². The van der Waals surface area contributed by atoms with E-state index in [9.17, 15) is 5.11 Å². The van der Waals surface area contributed by atoms with E-state index in [0.717, 1.165) is 34.6 Å². The summed E-state index contributed by atoms with van der Waals surface area (Å²) in [5, 5.41) is 9.61. The topological polar surface area (TPSA) is 67.4 Å².